The van der Waals surface area contributed by atoms with E-state index in [1.54, 1.807) is 13.8 Å². The van der Waals surface area contributed by atoms with Crippen LogP contribution in [0.4, 0.5) is 0 Å². The van der Waals surface area contributed by atoms with Gasteiger partial charge in [-0.15, -0.1) is 0 Å². The molecule has 0 rings (SSSR count). The average Bonchev–Trinajstić information content (AvgIpc) is 2.17. The third-order valence-electron chi connectivity index (χ3n) is 1.44. The van der Waals surface area contributed by atoms with Gasteiger partial charge >= 0.3 is 20.7 Å². The fraction of sp³-hybridized carbons (Fsp3) is 0.333. The molecule has 1 unspecified atom stereocenters. The lowest BCUT2D eigenvalue weighted by Crippen LogP contribution is -2.44. The predicted molar refractivity (Wildman–Crippen MR) is 55.6 cm³/mol. The molecule has 0 fully saturated rings. The van der Waals surface area contributed by atoms with E-state index in [2.05, 4.69) is 15.4 Å². The molecule has 6 heteroatoms. The van der Waals surface area contributed by atoms with Crippen LogP contribution >= 0.6 is 0 Å². The third-order valence-corrected chi connectivity index (χ3v) is 3.37. The molecule has 0 aromatic carbocycles. The van der Waals surface area contributed by atoms with Crippen molar-refractivity contribution in [3.05, 3.63) is 24.8 Å². The van der Waals surface area contributed by atoms with Gasteiger partial charge in [-0.2, -0.15) is 0 Å². The molecular weight excluding hydrogens is 216 g/mol. The lowest BCUT2D eigenvalue weighted by atomic mass is 10.5. The van der Waals surface area contributed by atoms with Crippen LogP contribution in [0.5, 0.6) is 0 Å². The van der Waals surface area contributed by atoms with Gasteiger partial charge in [-0.3, -0.25) is 0 Å². The number of allylic oxidation sites excluding steroid dienone is 1. The summed E-state index contributed by atoms with van der Waals surface area (Å²) in [6.45, 7) is 6.37. The zero-order chi connectivity index (χ0) is 11.9. The van der Waals surface area contributed by atoms with Gasteiger partial charge in [0, 0.05) is 18.2 Å². The smallest absolute Gasteiger partial charge is 0.461 e. The Hall–Kier alpha value is -1.40. The normalized spacial score (nSPS) is 14.3. The average molecular weight is 230 g/mol. The van der Waals surface area contributed by atoms with Crippen molar-refractivity contribution in [2.75, 3.05) is 0 Å². The number of rotatable bonds is 5. The van der Waals surface area contributed by atoms with E-state index in [0.717, 1.165) is 12.2 Å². The van der Waals surface area contributed by atoms with E-state index in [0.29, 0.717) is 0 Å². The summed E-state index contributed by atoms with van der Waals surface area (Å²) >= 11 is 0. The van der Waals surface area contributed by atoms with Gasteiger partial charge < -0.3 is 13.6 Å². The molecule has 1 N–H and O–H groups in total. The summed E-state index contributed by atoms with van der Waals surface area (Å²) in [6, 6.07) is 0.0654. The summed E-state index contributed by atoms with van der Waals surface area (Å²) in [5, 5.41) is 0. The largest absolute Gasteiger partial charge is 0.633 e. The lowest BCUT2D eigenvalue weighted by Gasteiger charge is -2.20. The fourth-order valence-electron chi connectivity index (χ4n) is 0.691. The van der Waals surface area contributed by atoms with Crippen LogP contribution in [0.15, 0.2) is 24.8 Å². The Morgan fingerprint density at radius 3 is 2.33 bits per heavy atom. The van der Waals surface area contributed by atoms with Crippen molar-refractivity contribution >= 4 is 20.7 Å². The van der Waals surface area contributed by atoms with Crippen LogP contribution in [0.25, 0.3) is 0 Å². The van der Waals surface area contributed by atoms with Crippen molar-refractivity contribution in [2.24, 2.45) is 0 Å². The molecule has 0 spiro atoms. The molecule has 0 aromatic rings. The van der Waals surface area contributed by atoms with E-state index in [1.807, 2.05) is 0 Å². The highest BCUT2D eigenvalue weighted by atomic mass is 28.4. The number of carbonyl (C=O) groups excluding carboxylic acids is 2. The van der Waals surface area contributed by atoms with Gasteiger partial charge in [-0.25, -0.2) is 9.59 Å². The van der Waals surface area contributed by atoms with Crippen LogP contribution < -0.4 is 0 Å². The van der Waals surface area contributed by atoms with Gasteiger partial charge in [-0.05, 0) is 6.92 Å². The minimum Gasteiger partial charge on any atom is -0.461 e. The summed E-state index contributed by atoms with van der Waals surface area (Å²) in [5.74, 6) is -1.54. The van der Waals surface area contributed by atoms with E-state index in [9.17, 15) is 14.4 Å². The quantitative estimate of drug-likeness (QED) is 0.558. The summed E-state index contributed by atoms with van der Waals surface area (Å²) in [5.41, 5.74) is 0. The van der Waals surface area contributed by atoms with Gasteiger partial charge in [-0.1, -0.05) is 19.6 Å². The molecule has 15 heavy (non-hydrogen) atoms. The molecule has 0 amide bonds. The van der Waals surface area contributed by atoms with Gasteiger partial charge in [0.2, 0.25) is 0 Å². The number of hydrogen-bond donors (Lipinski definition) is 1. The van der Waals surface area contributed by atoms with E-state index in [4.69, 9.17) is 0 Å². The summed E-state index contributed by atoms with van der Waals surface area (Å²) in [6.07, 6.45) is 3.49. The highest BCUT2D eigenvalue weighted by molar-refractivity contribution is 6.63. The summed E-state index contributed by atoms with van der Waals surface area (Å²) < 4.78 is 9.29. The zero-order valence-electron chi connectivity index (χ0n) is 8.73. The number of hydrogen-bond acceptors (Lipinski definition) is 5. The molecule has 84 valence electrons. The van der Waals surface area contributed by atoms with Crippen molar-refractivity contribution < 1.29 is 23.2 Å². The molecule has 0 heterocycles. The molecule has 5 nitrogen and oxygen atoms in total. The molecule has 0 aliphatic rings. The maximum atomic E-state index is 11.0. The van der Waals surface area contributed by atoms with Crippen LogP contribution in [0.3, 0.4) is 0 Å². The first-order valence-corrected chi connectivity index (χ1v) is 6.38. The van der Waals surface area contributed by atoms with Crippen molar-refractivity contribution in [1.82, 2.24) is 0 Å². The Kier molecular flexibility index (Phi) is 5.57. The third kappa shape index (κ3) is 5.14. The molecule has 1 atom stereocenters. The van der Waals surface area contributed by atoms with Crippen molar-refractivity contribution in [3.63, 3.8) is 0 Å². The van der Waals surface area contributed by atoms with E-state index >= 15 is 0 Å². The molecule has 0 saturated heterocycles. The second kappa shape index (κ2) is 6.15. The molecule has 0 bridgehead atoms. The highest BCUT2D eigenvalue weighted by Crippen LogP contribution is 2.10. The monoisotopic (exact) mass is 230 g/mol. The molecule has 0 aliphatic carbocycles. The standard InChI is InChI=1S/C9H14O5Si/c1-4-7-9(11)14-15(12,6-3)13-8(10)5-2/h4-5,7,12H,2,6H2,1,3H3/b7-4+. The maximum absolute atomic E-state index is 11.0. The van der Waals surface area contributed by atoms with Crippen LogP contribution in [-0.4, -0.2) is 25.5 Å². The minimum absolute atomic E-state index is 0.0654. The second-order valence-corrected chi connectivity index (χ2v) is 5.15. The number of carbonyl (C=O) groups is 2. The Morgan fingerprint density at radius 2 is 1.93 bits per heavy atom. The lowest BCUT2D eigenvalue weighted by molar-refractivity contribution is -0.138. The predicted octanol–water partition coefficient (Wildman–Crippen LogP) is 0.786. The first-order valence-electron chi connectivity index (χ1n) is 4.41. The van der Waals surface area contributed by atoms with Gasteiger partial charge in [0.05, 0.1) is 0 Å². The Morgan fingerprint density at radius 1 is 1.40 bits per heavy atom. The fourth-order valence-corrected chi connectivity index (χ4v) is 1.80. The van der Waals surface area contributed by atoms with E-state index in [-0.39, 0.29) is 6.04 Å². The summed E-state index contributed by atoms with van der Waals surface area (Å²) in [4.78, 5) is 31.6. The first-order chi connectivity index (χ1) is 6.97. The molecular formula is C9H14O5Si. The Labute approximate surface area is 89.4 Å². The van der Waals surface area contributed by atoms with Gasteiger partial charge in [0.1, 0.15) is 0 Å². The van der Waals surface area contributed by atoms with Gasteiger partial charge in [0.25, 0.3) is 0 Å². The van der Waals surface area contributed by atoms with Gasteiger partial charge in [0.15, 0.2) is 0 Å². The second-order valence-electron chi connectivity index (χ2n) is 2.61. The van der Waals surface area contributed by atoms with Crippen LogP contribution in [-0.2, 0) is 18.4 Å². The van der Waals surface area contributed by atoms with Crippen LogP contribution in [0.1, 0.15) is 13.8 Å². The van der Waals surface area contributed by atoms with Crippen LogP contribution in [0, 0.1) is 0 Å². The van der Waals surface area contributed by atoms with Crippen molar-refractivity contribution in [2.45, 2.75) is 19.9 Å². The molecule has 0 aliphatic heterocycles. The topological polar surface area (TPSA) is 72.8 Å². The SMILES string of the molecule is C=CC(=O)O[Si](O)(CC)OC(=O)/C=C/C. The highest BCUT2D eigenvalue weighted by Gasteiger charge is 2.42. The first kappa shape index (κ1) is 13.6. The Bertz CT molecular complexity index is 286. The van der Waals surface area contributed by atoms with E-state index in [1.165, 1.54) is 6.08 Å². The van der Waals surface area contributed by atoms with Crippen molar-refractivity contribution in [1.29, 1.82) is 0 Å². The maximum Gasteiger partial charge on any atom is 0.633 e. The molecule has 0 radical (unpaired) electrons. The van der Waals surface area contributed by atoms with Crippen molar-refractivity contribution in [3.8, 4) is 0 Å². The Balaban J connectivity index is 4.49. The molecule has 0 aromatic heterocycles. The zero-order valence-corrected chi connectivity index (χ0v) is 9.73. The van der Waals surface area contributed by atoms with E-state index < -0.39 is 20.7 Å². The minimum atomic E-state index is -3.73. The summed E-state index contributed by atoms with van der Waals surface area (Å²) in [7, 11) is -3.73. The van der Waals surface area contributed by atoms with Crippen LogP contribution in [0.2, 0.25) is 6.04 Å². The molecule has 0 saturated carbocycles.